The summed E-state index contributed by atoms with van der Waals surface area (Å²) >= 11 is 1.39. The van der Waals surface area contributed by atoms with Crippen molar-refractivity contribution in [2.45, 2.75) is 18.5 Å². The molecule has 124 valence electrons. The lowest BCUT2D eigenvalue weighted by atomic mass is 10.2. The van der Waals surface area contributed by atoms with Crippen LogP contribution in [0.4, 0.5) is 0 Å². The number of imidazole rings is 1. The molecule has 0 atom stereocenters. The van der Waals surface area contributed by atoms with Gasteiger partial charge in [-0.3, -0.25) is 9.36 Å². The van der Waals surface area contributed by atoms with Gasteiger partial charge in [0.05, 0.1) is 25.7 Å². The zero-order valence-corrected chi connectivity index (χ0v) is 14.4. The number of nitrogens with zero attached hydrogens (tertiary/aromatic N) is 2. The first kappa shape index (κ1) is 17.2. The van der Waals surface area contributed by atoms with Crippen LogP contribution < -0.4 is 14.8 Å². The minimum atomic E-state index is 0.00750. The number of methoxy groups -OCH3 is 2. The van der Waals surface area contributed by atoms with E-state index in [0.29, 0.717) is 18.0 Å². The molecule has 0 radical (unpaired) electrons. The molecule has 23 heavy (non-hydrogen) atoms. The van der Waals surface area contributed by atoms with Crippen LogP contribution in [0, 0.1) is 0 Å². The number of carbonyl (C=O) groups excluding carboxylic acids is 1. The quantitative estimate of drug-likeness (QED) is 0.751. The fraction of sp³-hybridized carbons (Fsp3) is 0.375. The monoisotopic (exact) mass is 335 g/mol. The van der Waals surface area contributed by atoms with Gasteiger partial charge < -0.3 is 14.8 Å². The Morgan fingerprint density at radius 2 is 2.17 bits per heavy atom. The Balaban J connectivity index is 2.16. The molecule has 0 saturated carbocycles. The van der Waals surface area contributed by atoms with Gasteiger partial charge in [0.25, 0.3) is 0 Å². The summed E-state index contributed by atoms with van der Waals surface area (Å²) in [6.07, 6.45) is 4.47. The van der Waals surface area contributed by atoms with Gasteiger partial charge >= 0.3 is 0 Å². The molecule has 2 rings (SSSR count). The fourth-order valence-corrected chi connectivity index (χ4v) is 2.81. The minimum Gasteiger partial charge on any atom is -0.497 e. The van der Waals surface area contributed by atoms with Crippen molar-refractivity contribution in [3.05, 3.63) is 30.6 Å². The number of nitrogens with one attached hydrogen (secondary N) is 1. The van der Waals surface area contributed by atoms with E-state index in [1.807, 2.05) is 35.9 Å². The first-order valence-corrected chi connectivity index (χ1v) is 8.33. The molecule has 6 nitrogen and oxygen atoms in total. The lowest BCUT2D eigenvalue weighted by Crippen LogP contribution is -2.25. The van der Waals surface area contributed by atoms with E-state index >= 15 is 0 Å². The van der Waals surface area contributed by atoms with Crippen LogP contribution in [-0.4, -0.2) is 42.0 Å². The first-order valence-electron chi connectivity index (χ1n) is 7.34. The maximum atomic E-state index is 11.7. The summed E-state index contributed by atoms with van der Waals surface area (Å²) in [7, 11) is 3.22. The number of aromatic nitrogens is 2. The van der Waals surface area contributed by atoms with Crippen LogP contribution >= 0.6 is 11.8 Å². The van der Waals surface area contributed by atoms with Crippen LogP contribution in [-0.2, 0) is 4.79 Å². The van der Waals surface area contributed by atoms with Crippen molar-refractivity contribution in [1.29, 1.82) is 0 Å². The number of hydrogen-bond donors (Lipinski definition) is 1. The van der Waals surface area contributed by atoms with E-state index in [9.17, 15) is 4.79 Å². The Kier molecular flexibility index (Phi) is 6.34. The summed E-state index contributed by atoms with van der Waals surface area (Å²) in [5.41, 5.74) is 0.849. The third-order valence-electron chi connectivity index (χ3n) is 3.16. The van der Waals surface area contributed by atoms with Crippen molar-refractivity contribution >= 4 is 17.7 Å². The highest BCUT2D eigenvalue weighted by atomic mass is 32.2. The summed E-state index contributed by atoms with van der Waals surface area (Å²) in [4.78, 5) is 16.1. The van der Waals surface area contributed by atoms with E-state index in [1.54, 1.807) is 20.4 Å². The predicted molar refractivity (Wildman–Crippen MR) is 90.7 cm³/mol. The molecule has 0 saturated heterocycles. The molecule has 0 aliphatic carbocycles. The van der Waals surface area contributed by atoms with Crippen molar-refractivity contribution in [2.24, 2.45) is 0 Å². The highest BCUT2D eigenvalue weighted by molar-refractivity contribution is 7.99. The van der Waals surface area contributed by atoms with Crippen molar-refractivity contribution in [3.63, 3.8) is 0 Å². The lowest BCUT2D eigenvalue weighted by Gasteiger charge is -2.13. The molecule has 1 amide bonds. The zero-order chi connectivity index (χ0) is 16.7. The van der Waals surface area contributed by atoms with Gasteiger partial charge in [-0.25, -0.2) is 4.98 Å². The standard InChI is InChI=1S/C16H21N3O3S/c1-4-7-17-15(20)11-23-16-18-8-9-19(16)13-6-5-12(21-2)10-14(13)22-3/h5-6,8-10H,4,7,11H2,1-3H3,(H,17,20). The van der Waals surface area contributed by atoms with Crippen LogP contribution in [0.2, 0.25) is 0 Å². The van der Waals surface area contributed by atoms with E-state index in [1.165, 1.54) is 11.8 Å². The molecule has 0 bridgehead atoms. The summed E-state index contributed by atoms with van der Waals surface area (Å²) in [6, 6.07) is 5.58. The Labute approximate surface area is 140 Å². The van der Waals surface area contributed by atoms with E-state index in [0.717, 1.165) is 23.0 Å². The third-order valence-corrected chi connectivity index (χ3v) is 4.12. The molecule has 2 aromatic rings. The summed E-state index contributed by atoms with van der Waals surface area (Å²) < 4.78 is 12.5. The molecule has 1 N–H and O–H groups in total. The number of amides is 1. The lowest BCUT2D eigenvalue weighted by molar-refractivity contribution is -0.118. The second kappa shape index (κ2) is 8.47. The van der Waals surface area contributed by atoms with Gasteiger partial charge in [-0.2, -0.15) is 0 Å². The molecular weight excluding hydrogens is 314 g/mol. The van der Waals surface area contributed by atoms with Crippen molar-refractivity contribution in [2.75, 3.05) is 26.5 Å². The summed E-state index contributed by atoms with van der Waals surface area (Å²) in [5, 5.41) is 3.59. The molecule has 7 heteroatoms. The SMILES string of the molecule is CCCNC(=O)CSc1nccn1-c1ccc(OC)cc1OC. The van der Waals surface area contributed by atoms with Crippen LogP contribution in [0.25, 0.3) is 5.69 Å². The Morgan fingerprint density at radius 3 is 2.87 bits per heavy atom. The molecule has 1 aromatic carbocycles. The molecule has 1 heterocycles. The fourth-order valence-electron chi connectivity index (χ4n) is 2.01. The van der Waals surface area contributed by atoms with Gasteiger partial charge in [0, 0.05) is 25.0 Å². The molecule has 0 aliphatic rings. The maximum absolute atomic E-state index is 11.7. The molecule has 0 spiro atoms. The van der Waals surface area contributed by atoms with Crippen LogP contribution in [0.3, 0.4) is 0 Å². The number of ether oxygens (including phenoxy) is 2. The van der Waals surface area contributed by atoms with Gasteiger partial charge in [-0.15, -0.1) is 0 Å². The smallest absolute Gasteiger partial charge is 0.230 e. The van der Waals surface area contributed by atoms with Crippen LogP contribution in [0.5, 0.6) is 11.5 Å². The van der Waals surface area contributed by atoms with Crippen molar-refractivity contribution < 1.29 is 14.3 Å². The summed E-state index contributed by atoms with van der Waals surface area (Å²) in [5.74, 6) is 1.74. The normalized spacial score (nSPS) is 10.4. The van der Waals surface area contributed by atoms with Gasteiger partial charge in [-0.05, 0) is 18.6 Å². The molecule has 0 fully saturated rings. The Hall–Kier alpha value is -2.15. The first-order chi connectivity index (χ1) is 11.2. The van der Waals surface area contributed by atoms with E-state index in [2.05, 4.69) is 10.3 Å². The number of hydrogen-bond acceptors (Lipinski definition) is 5. The second-order valence-electron chi connectivity index (χ2n) is 4.76. The summed E-state index contributed by atoms with van der Waals surface area (Å²) in [6.45, 7) is 2.72. The van der Waals surface area contributed by atoms with Gasteiger partial charge in [-0.1, -0.05) is 18.7 Å². The van der Waals surface area contributed by atoms with Crippen molar-refractivity contribution in [1.82, 2.24) is 14.9 Å². The number of carbonyl (C=O) groups is 1. The highest BCUT2D eigenvalue weighted by Crippen LogP contribution is 2.30. The van der Waals surface area contributed by atoms with E-state index < -0.39 is 0 Å². The van der Waals surface area contributed by atoms with Crippen LogP contribution in [0.15, 0.2) is 35.7 Å². The van der Waals surface area contributed by atoms with Crippen LogP contribution in [0.1, 0.15) is 13.3 Å². The highest BCUT2D eigenvalue weighted by Gasteiger charge is 2.13. The third kappa shape index (κ3) is 4.41. The minimum absolute atomic E-state index is 0.00750. The predicted octanol–water partition coefficient (Wildman–Crippen LogP) is 2.51. The number of rotatable bonds is 8. The topological polar surface area (TPSA) is 65.4 Å². The zero-order valence-electron chi connectivity index (χ0n) is 13.5. The molecular formula is C16H21N3O3S. The molecule has 0 aliphatic heterocycles. The molecule has 1 aromatic heterocycles. The second-order valence-corrected chi connectivity index (χ2v) is 5.70. The Morgan fingerprint density at radius 1 is 1.35 bits per heavy atom. The number of benzene rings is 1. The van der Waals surface area contributed by atoms with Gasteiger partial charge in [0.1, 0.15) is 11.5 Å². The largest absolute Gasteiger partial charge is 0.497 e. The van der Waals surface area contributed by atoms with Gasteiger partial charge in [0.2, 0.25) is 5.91 Å². The average molecular weight is 335 g/mol. The Bertz CT molecular complexity index is 658. The van der Waals surface area contributed by atoms with Crippen molar-refractivity contribution in [3.8, 4) is 17.2 Å². The maximum Gasteiger partial charge on any atom is 0.230 e. The van der Waals surface area contributed by atoms with E-state index in [-0.39, 0.29) is 5.91 Å². The van der Waals surface area contributed by atoms with Gasteiger partial charge in [0.15, 0.2) is 5.16 Å². The molecule has 0 unspecified atom stereocenters. The average Bonchev–Trinajstić information content (AvgIpc) is 3.05. The number of thioether (sulfide) groups is 1. The van der Waals surface area contributed by atoms with E-state index in [4.69, 9.17) is 9.47 Å².